The number of guanidine groups is 1. The highest BCUT2D eigenvalue weighted by Gasteiger charge is 2.20. The van der Waals surface area contributed by atoms with Gasteiger partial charge in [0.1, 0.15) is 5.10 Å². The normalized spacial score (nSPS) is 24.5. The first kappa shape index (κ1) is 9.72. The first-order chi connectivity index (χ1) is 6.09. The van der Waals surface area contributed by atoms with Gasteiger partial charge in [0.05, 0.1) is 6.10 Å². The molecule has 0 aromatic carbocycles. The van der Waals surface area contributed by atoms with E-state index in [4.69, 9.17) is 5.73 Å². The molecule has 1 aliphatic heterocycles. The Morgan fingerprint density at radius 1 is 1.77 bits per heavy atom. The van der Waals surface area contributed by atoms with Gasteiger partial charge in [0, 0.05) is 13.1 Å². The Kier molecular flexibility index (Phi) is 3.02. The molecule has 1 aliphatic rings. The summed E-state index contributed by atoms with van der Waals surface area (Å²) >= 11 is 0. The van der Waals surface area contributed by atoms with E-state index < -0.39 is 11.1 Å². The van der Waals surface area contributed by atoms with Crippen molar-refractivity contribution in [3.8, 4) is 0 Å². The van der Waals surface area contributed by atoms with Crippen LogP contribution in [0.2, 0.25) is 0 Å². The fourth-order valence-electron chi connectivity index (χ4n) is 1.31. The quantitative estimate of drug-likeness (QED) is 0.236. The summed E-state index contributed by atoms with van der Waals surface area (Å²) in [6.45, 7) is 0.934. The van der Waals surface area contributed by atoms with Gasteiger partial charge in [-0.05, 0) is 12.8 Å². The van der Waals surface area contributed by atoms with Crippen LogP contribution in [0.3, 0.4) is 0 Å². The Morgan fingerprint density at radius 3 is 3.00 bits per heavy atom. The van der Waals surface area contributed by atoms with Gasteiger partial charge in [-0.3, -0.25) is 0 Å². The summed E-state index contributed by atoms with van der Waals surface area (Å²) in [5.74, 6) is -0.135. The van der Waals surface area contributed by atoms with Gasteiger partial charge in [0.15, 0.2) is 5.03 Å². The minimum atomic E-state index is -0.837. The van der Waals surface area contributed by atoms with E-state index in [-0.39, 0.29) is 5.96 Å². The topological polar surface area (TPSA) is 105 Å². The Bertz CT molecular complexity index is 230. The van der Waals surface area contributed by atoms with Gasteiger partial charge in [-0.2, -0.15) is 0 Å². The van der Waals surface area contributed by atoms with Crippen molar-refractivity contribution in [2.75, 3.05) is 13.1 Å². The fourth-order valence-corrected chi connectivity index (χ4v) is 1.31. The number of nitrogens with two attached hydrogens (primary N) is 1. The molecule has 0 spiro atoms. The second-order valence-electron chi connectivity index (χ2n) is 2.94. The molecule has 1 unspecified atom stereocenters. The number of aliphatic hydroxyl groups is 1. The highest BCUT2D eigenvalue weighted by Crippen LogP contribution is 2.08. The molecule has 13 heavy (non-hydrogen) atoms. The molecule has 3 N–H and O–H groups in total. The number of β-amino-alcohol motifs (C(OH)–C–C–N with tert-alkyl or cyclic N) is 1. The third-order valence-corrected chi connectivity index (χ3v) is 1.90. The van der Waals surface area contributed by atoms with Crippen LogP contribution in [-0.2, 0) is 0 Å². The minimum Gasteiger partial charge on any atom is -0.391 e. The summed E-state index contributed by atoms with van der Waals surface area (Å²) in [6, 6.07) is 0. The lowest BCUT2D eigenvalue weighted by molar-refractivity contribution is -0.485. The maximum absolute atomic E-state index is 9.98. The van der Waals surface area contributed by atoms with Crippen molar-refractivity contribution in [2.24, 2.45) is 10.8 Å². The number of piperidine rings is 1. The molecular formula is C6H12N4O3. The number of hydrogen-bond acceptors (Lipinski definition) is 3. The number of nitrogens with zero attached hydrogens (tertiary/aromatic N) is 3. The summed E-state index contributed by atoms with van der Waals surface area (Å²) in [4.78, 5) is 11.5. The number of hydrazone groups is 1. The molecule has 1 heterocycles. The van der Waals surface area contributed by atoms with Crippen molar-refractivity contribution < 1.29 is 10.1 Å². The van der Waals surface area contributed by atoms with Crippen molar-refractivity contribution in [3.05, 3.63) is 10.1 Å². The number of nitro groups is 1. The van der Waals surface area contributed by atoms with E-state index in [0.29, 0.717) is 19.5 Å². The summed E-state index contributed by atoms with van der Waals surface area (Å²) in [5, 5.41) is 21.4. The summed E-state index contributed by atoms with van der Waals surface area (Å²) in [7, 11) is 0. The third kappa shape index (κ3) is 2.86. The van der Waals surface area contributed by atoms with E-state index >= 15 is 0 Å². The zero-order valence-electron chi connectivity index (χ0n) is 7.09. The van der Waals surface area contributed by atoms with Crippen molar-refractivity contribution in [2.45, 2.75) is 18.9 Å². The fraction of sp³-hybridized carbons (Fsp3) is 0.833. The molecule has 0 amide bonds. The summed E-state index contributed by atoms with van der Waals surface area (Å²) in [5.41, 5.74) is 5.33. The van der Waals surface area contributed by atoms with E-state index in [1.54, 1.807) is 0 Å². The minimum absolute atomic E-state index is 0.135. The van der Waals surface area contributed by atoms with Crippen LogP contribution in [0, 0.1) is 10.1 Å². The zero-order chi connectivity index (χ0) is 9.84. The number of aliphatic hydroxyl groups excluding tert-OH is 1. The van der Waals surface area contributed by atoms with Gasteiger partial charge < -0.3 is 15.7 Å². The van der Waals surface area contributed by atoms with Gasteiger partial charge in [0.2, 0.25) is 0 Å². The Hall–Kier alpha value is -1.37. The molecule has 0 saturated carbocycles. The van der Waals surface area contributed by atoms with Crippen LogP contribution in [-0.4, -0.2) is 40.2 Å². The molecular weight excluding hydrogens is 176 g/mol. The lowest BCUT2D eigenvalue weighted by Gasteiger charge is -2.29. The molecule has 0 aromatic heterocycles. The zero-order valence-corrected chi connectivity index (χ0v) is 7.09. The van der Waals surface area contributed by atoms with E-state index in [1.165, 1.54) is 4.90 Å². The van der Waals surface area contributed by atoms with Crippen LogP contribution in [0.4, 0.5) is 0 Å². The van der Waals surface area contributed by atoms with Crippen LogP contribution >= 0.6 is 0 Å². The first-order valence-electron chi connectivity index (χ1n) is 4.01. The molecule has 1 fully saturated rings. The molecule has 7 heteroatoms. The second-order valence-corrected chi connectivity index (χ2v) is 2.94. The molecule has 1 atom stereocenters. The molecule has 0 radical (unpaired) electrons. The molecule has 0 aliphatic carbocycles. The van der Waals surface area contributed by atoms with Gasteiger partial charge in [-0.25, -0.2) is 10.1 Å². The second kappa shape index (κ2) is 4.04. The van der Waals surface area contributed by atoms with Gasteiger partial charge in [-0.15, -0.1) is 0 Å². The number of likely N-dealkylation sites (tertiary alicyclic amines) is 1. The molecule has 74 valence electrons. The Labute approximate surface area is 75.0 Å². The largest absolute Gasteiger partial charge is 0.391 e. The smallest absolute Gasteiger partial charge is 0.268 e. The lowest BCUT2D eigenvalue weighted by atomic mass is 10.1. The van der Waals surface area contributed by atoms with Crippen molar-refractivity contribution in [1.29, 1.82) is 0 Å². The van der Waals surface area contributed by atoms with Gasteiger partial charge >= 0.3 is 0 Å². The van der Waals surface area contributed by atoms with Crippen LogP contribution in [0.25, 0.3) is 0 Å². The maximum Gasteiger partial charge on any atom is 0.268 e. The van der Waals surface area contributed by atoms with Gasteiger partial charge in [-0.1, -0.05) is 0 Å². The summed E-state index contributed by atoms with van der Waals surface area (Å²) in [6.07, 6.45) is 1.02. The summed E-state index contributed by atoms with van der Waals surface area (Å²) < 4.78 is 0. The standard InChI is InChI=1S/C6H12N4O3/c7-6(8-10(12)13)9-3-1-2-5(11)4-9/h5,11H,1-4H2,(H2,7,8). The van der Waals surface area contributed by atoms with Crippen LogP contribution in [0.5, 0.6) is 0 Å². The van der Waals surface area contributed by atoms with Crippen molar-refractivity contribution >= 4 is 5.96 Å². The lowest BCUT2D eigenvalue weighted by Crippen LogP contribution is -2.46. The van der Waals surface area contributed by atoms with Crippen LogP contribution < -0.4 is 5.73 Å². The monoisotopic (exact) mass is 188 g/mol. The molecule has 0 aromatic rings. The number of hydrogen-bond donors (Lipinski definition) is 2. The van der Waals surface area contributed by atoms with Crippen molar-refractivity contribution in [1.82, 2.24) is 4.90 Å². The molecule has 0 bridgehead atoms. The van der Waals surface area contributed by atoms with Crippen LogP contribution in [0.15, 0.2) is 5.10 Å². The van der Waals surface area contributed by atoms with Crippen LogP contribution in [0.1, 0.15) is 12.8 Å². The molecule has 7 nitrogen and oxygen atoms in total. The molecule has 1 saturated heterocycles. The average Bonchev–Trinajstić information content (AvgIpc) is 2.03. The van der Waals surface area contributed by atoms with Crippen molar-refractivity contribution in [3.63, 3.8) is 0 Å². The van der Waals surface area contributed by atoms with E-state index in [1.807, 2.05) is 0 Å². The average molecular weight is 188 g/mol. The van der Waals surface area contributed by atoms with E-state index in [9.17, 15) is 15.2 Å². The maximum atomic E-state index is 9.98. The van der Waals surface area contributed by atoms with E-state index in [2.05, 4.69) is 5.10 Å². The Morgan fingerprint density at radius 2 is 2.46 bits per heavy atom. The molecule has 1 rings (SSSR count). The third-order valence-electron chi connectivity index (χ3n) is 1.90. The van der Waals surface area contributed by atoms with Gasteiger partial charge in [0.25, 0.3) is 5.96 Å². The highest BCUT2D eigenvalue weighted by atomic mass is 16.7. The predicted molar refractivity (Wildman–Crippen MR) is 45.4 cm³/mol. The van der Waals surface area contributed by atoms with E-state index in [0.717, 1.165) is 6.42 Å². The first-order valence-corrected chi connectivity index (χ1v) is 4.01. The number of rotatable bonds is 1. The predicted octanol–water partition coefficient (Wildman–Crippen LogP) is -1.05. The highest BCUT2D eigenvalue weighted by molar-refractivity contribution is 5.77. The SMILES string of the molecule is NC(=N[N+](=O)[O-])N1CCCC(O)C1. The Balaban J connectivity index is 2.55.